The highest BCUT2D eigenvalue weighted by Gasteiger charge is 2.34. The van der Waals surface area contributed by atoms with E-state index in [1.54, 1.807) is 12.1 Å². The van der Waals surface area contributed by atoms with Gasteiger partial charge >= 0.3 is 0 Å². The molecule has 1 aliphatic heterocycles. The minimum Gasteiger partial charge on any atom is -0.381 e. The number of ether oxygens (including phenoxy) is 1. The van der Waals surface area contributed by atoms with E-state index in [-0.39, 0.29) is 13.0 Å². The molecule has 128 valence electrons. The quantitative estimate of drug-likeness (QED) is 0.450. The van der Waals surface area contributed by atoms with Crippen LogP contribution in [0, 0.1) is 0 Å². The lowest BCUT2D eigenvalue weighted by atomic mass is 10.1. The van der Waals surface area contributed by atoms with E-state index in [9.17, 15) is 13.2 Å². The lowest BCUT2D eigenvalue weighted by Gasteiger charge is -2.18. The number of hydrogen-bond acceptors (Lipinski definition) is 5. The number of hydrogen-bond donors (Lipinski definition) is 2. The smallest absolute Gasteiger partial charge is 0.265 e. The van der Waals surface area contributed by atoms with Crippen LogP contribution in [0.4, 0.5) is 5.69 Å². The minimum absolute atomic E-state index is 0.0588. The maximum Gasteiger partial charge on any atom is 0.265 e. The molecule has 0 aliphatic carbocycles. The average molecular weight is 350 g/mol. The van der Waals surface area contributed by atoms with Crippen LogP contribution in [0.1, 0.15) is 12.8 Å². The second-order valence-corrected chi connectivity index (χ2v) is 7.29. The number of hydroxylamine groups is 1. The van der Waals surface area contributed by atoms with Crippen molar-refractivity contribution in [2.45, 2.75) is 17.7 Å². The maximum absolute atomic E-state index is 12.7. The largest absolute Gasteiger partial charge is 0.381 e. The predicted octanol–water partition coefficient (Wildman–Crippen LogP) is 1.65. The molecule has 0 atom stereocenters. The number of carbonyl (C=O) groups is 1. The second kappa shape index (κ2) is 6.76. The monoisotopic (exact) mass is 350 g/mol. The van der Waals surface area contributed by atoms with Crippen LogP contribution in [0.25, 0.3) is 10.8 Å². The third kappa shape index (κ3) is 2.95. The number of rotatable bonds is 7. The molecule has 8 heteroatoms. The van der Waals surface area contributed by atoms with Crippen LogP contribution in [0.15, 0.2) is 41.3 Å². The van der Waals surface area contributed by atoms with Gasteiger partial charge in [-0.05, 0) is 23.9 Å². The van der Waals surface area contributed by atoms with Gasteiger partial charge in [0.2, 0.25) is 5.91 Å². The summed E-state index contributed by atoms with van der Waals surface area (Å²) in [5, 5.41) is 10.0. The van der Waals surface area contributed by atoms with Gasteiger partial charge in [0.25, 0.3) is 10.0 Å². The molecule has 2 N–H and O–H groups in total. The van der Waals surface area contributed by atoms with Gasteiger partial charge in [-0.2, -0.15) is 0 Å². The second-order valence-electron chi connectivity index (χ2n) is 5.46. The highest BCUT2D eigenvalue weighted by atomic mass is 32.2. The summed E-state index contributed by atoms with van der Waals surface area (Å²) in [7, 11) is -3.53. The number of anilines is 1. The number of nitrogens with zero attached hydrogens (tertiary/aromatic N) is 1. The zero-order valence-corrected chi connectivity index (χ0v) is 13.8. The Morgan fingerprint density at radius 3 is 2.67 bits per heavy atom. The van der Waals surface area contributed by atoms with E-state index >= 15 is 0 Å². The van der Waals surface area contributed by atoms with Crippen molar-refractivity contribution in [3.63, 3.8) is 0 Å². The van der Waals surface area contributed by atoms with E-state index in [1.807, 2.05) is 24.3 Å². The van der Waals surface area contributed by atoms with Crippen molar-refractivity contribution in [1.82, 2.24) is 5.48 Å². The SMILES string of the molecule is O=C(CCOCCCN1c2cccc3cccc(c23)S1(=O)=O)NO. The first kappa shape index (κ1) is 16.7. The summed E-state index contributed by atoms with van der Waals surface area (Å²) in [6.07, 6.45) is 0.563. The zero-order valence-electron chi connectivity index (χ0n) is 12.9. The van der Waals surface area contributed by atoms with Gasteiger partial charge in [-0.1, -0.05) is 24.3 Å². The molecule has 2 aromatic rings. The van der Waals surface area contributed by atoms with Gasteiger partial charge in [0.05, 0.1) is 23.6 Å². The van der Waals surface area contributed by atoms with Gasteiger partial charge < -0.3 is 4.74 Å². The highest BCUT2D eigenvalue weighted by molar-refractivity contribution is 7.93. The van der Waals surface area contributed by atoms with Crippen LogP contribution in [0.5, 0.6) is 0 Å². The van der Waals surface area contributed by atoms with Crippen molar-refractivity contribution in [3.8, 4) is 0 Å². The molecule has 0 saturated heterocycles. The molecule has 24 heavy (non-hydrogen) atoms. The van der Waals surface area contributed by atoms with E-state index in [0.29, 0.717) is 30.2 Å². The van der Waals surface area contributed by atoms with Crippen LogP contribution in [0.3, 0.4) is 0 Å². The maximum atomic E-state index is 12.7. The van der Waals surface area contributed by atoms with Crippen molar-refractivity contribution < 1.29 is 23.2 Å². The molecule has 7 nitrogen and oxygen atoms in total. The normalized spacial score (nSPS) is 15.0. The van der Waals surface area contributed by atoms with Crippen molar-refractivity contribution in [1.29, 1.82) is 0 Å². The number of benzene rings is 2. The first-order valence-corrected chi connectivity index (χ1v) is 9.05. The van der Waals surface area contributed by atoms with Crippen molar-refractivity contribution in [2.24, 2.45) is 0 Å². The lowest BCUT2D eigenvalue weighted by Crippen LogP contribution is -2.29. The van der Waals surface area contributed by atoms with Gasteiger partial charge in [0.15, 0.2) is 0 Å². The van der Waals surface area contributed by atoms with Crippen LogP contribution in [-0.4, -0.2) is 39.3 Å². The molecule has 0 spiro atoms. The Morgan fingerprint density at radius 1 is 1.17 bits per heavy atom. The van der Waals surface area contributed by atoms with Crippen molar-refractivity contribution in [3.05, 3.63) is 36.4 Å². The van der Waals surface area contributed by atoms with Crippen molar-refractivity contribution in [2.75, 3.05) is 24.1 Å². The van der Waals surface area contributed by atoms with E-state index in [0.717, 1.165) is 10.8 Å². The standard InChI is InChI=1S/C16H18N2O5S/c19-15(17-20)8-11-23-10-3-9-18-13-6-1-4-12-5-2-7-14(16(12)13)24(18,21)22/h1-2,4-7,20H,3,8-11H2,(H,17,19). The molecule has 1 aliphatic rings. The molecule has 0 saturated carbocycles. The summed E-state index contributed by atoms with van der Waals surface area (Å²) in [5.74, 6) is -0.515. The van der Waals surface area contributed by atoms with Gasteiger partial charge in [-0.15, -0.1) is 0 Å². The Morgan fingerprint density at radius 2 is 1.92 bits per heavy atom. The molecule has 0 bridgehead atoms. The zero-order chi connectivity index (χ0) is 17.2. The molecule has 2 aromatic carbocycles. The van der Waals surface area contributed by atoms with E-state index in [4.69, 9.17) is 9.94 Å². The molecular weight excluding hydrogens is 332 g/mol. The predicted molar refractivity (Wildman–Crippen MR) is 88.5 cm³/mol. The third-order valence-corrected chi connectivity index (χ3v) is 5.78. The Balaban J connectivity index is 1.66. The number of nitrogens with one attached hydrogen (secondary N) is 1. The van der Waals surface area contributed by atoms with Crippen LogP contribution >= 0.6 is 0 Å². The molecule has 1 heterocycles. The van der Waals surface area contributed by atoms with Crippen LogP contribution in [-0.2, 0) is 19.6 Å². The lowest BCUT2D eigenvalue weighted by molar-refractivity contribution is -0.130. The molecule has 1 amide bonds. The molecule has 3 rings (SSSR count). The number of carbonyl (C=O) groups excluding carboxylic acids is 1. The molecule has 0 radical (unpaired) electrons. The number of sulfonamides is 1. The van der Waals surface area contributed by atoms with E-state index in [1.165, 1.54) is 9.79 Å². The highest BCUT2D eigenvalue weighted by Crippen LogP contribution is 2.41. The Kier molecular flexibility index (Phi) is 4.70. The fourth-order valence-electron chi connectivity index (χ4n) is 2.83. The summed E-state index contributed by atoms with van der Waals surface area (Å²) in [6, 6.07) is 10.8. The van der Waals surface area contributed by atoms with Gasteiger partial charge in [0, 0.05) is 18.5 Å². The summed E-state index contributed by atoms with van der Waals surface area (Å²) >= 11 is 0. The Hall–Kier alpha value is -2.16. The molecule has 0 aromatic heterocycles. The first-order valence-electron chi connectivity index (χ1n) is 7.61. The first-order chi connectivity index (χ1) is 11.6. The Labute approximate surface area is 139 Å². The number of amides is 1. The summed E-state index contributed by atoms with van der Waals surface area (Å²) in [4.78, 5) is 11.2. The fraction of sp³-hybridized carbons (Fsp3) is 0.312. The van der Waals surface area contributed by atoms with Gasteiger partial charge in [0.1, 0.15) is 0 Å². The third-order valence-electron chi connectivity index (χ3n) is 3.93. The van der Waals surface area contributed by atoms with Crippen LogP contribution in [0.2, 0.25) is 0 Å². The Bertz CT molecular complexity index is 861. The molecule has 0 unspecified atom stereocenters. The van der Waals surface area contributed by atoms with E-state index in [2.05, 4.69) is 0 Å². The fourth-order valence-corrected chi connectivity index (χ4v) is 4.58. The summed E-state index contributed by atoms with van der Waals surface area (Å²) < 4.78 is 32.1. The topological polar surface area (TPSA) is 95.9 Å². The van der Waals surface area contributed by atoms with Gasteiger partial charge in [-0.25, -0.2) is 13.9 Å². The summed E-state index contributed by atoms with van der Waals surface area (Å²) in [6.45, 7) is 0.814. The molecular formula is C16H18N2O5S. The van der Waals surface area contributed by atoms with Crippen molar-refractivity contribution >= 4 is 32.4 Å². The van der Waals surface area contributed by atoms with E-state index < -0.39 is 15.9 Å². The molecule has 0 fully saturated rings. The summed E-state index contributed by atoms with van der Waals surface area (Å²) in [5.41, 5.74) is 2.22. The average Bonchev–Trinajstić information content (AvgIpc) is 2.80. The minimum atomic E-state index is -3.53. The van der Waals surface area contributed by atoms with Gasteiger partial charge in [-0.3, -0.25) is 14.3 Å². The van der Waals surface area contributed by atoms with Crippen LogP contribution < -0.4 is 9.79 Å².